The third-order valence-corrected chi connectivity index (χ3v) is 4.92. The molecule has 1 atom stereocenters. The third kappa shape index (κ3) is 3.80. The van der Waals surface area contributed by atoms with Gasteiger partial charge in [-0.25, -0.2) is 17.9 Å². The van der Waals surface area contributed by atoms with E-state index in [0.717, 1.165) is 12.8 Å². The van der Waals surface area contributed by atoms with Crippen molar-refractivity contribution in [2.24, 2.45) is 0 Å². The number of hydrogen-bond donors (Lipinski definition) is 2. The molecule has 6 heteroatoms. The summed E-state index contributed by atoms with van der Waals surface area (Å²) in [5.41, 5.74) is 0.273. The largest absolute Gasteiger partial charge is 0.478 e. The van der Waals surface area contributed by atoms with Crippen LogP contribution < -0.4 is 4.72 Å². The molecule has 112 valence electrons. The van der Waals surface area contributed by atoms with Crippen LogP contribution >= 0.6 is 0 Å². The first-order valence-electron chi connectivity index (χ1n) is 6.68. The van der Waals surface area contributed by atoms with Crippen molar-refractivity contribution in [2.45, 2.75) is 51.0 Å². The Hall–Kier alpha value is -1.40. The zero-order chi connectivity index (χ0) is 15.3. The van der Waals surface area contributed by atoms with Gasteiger partial charge in [-0.2, -0.15) is 0 Å². The summed E-state index contributed by atoms with van der Waals surface area (Å²) in [4.78, 5) is 11.1. The zero-order valence-electron chi connectivity index (χ0n) is 12.0. The van der Waals surface area contributed by atoms with E-state index in [4.69, 9.17) is 5.11 Å². The van der Waals surface area contributed by atoms with Crippen molar-refractivity contribution in [3.63, 3.8) is 0 Å². The molecule has 0 heterocycles. The average molecular weight is 299 g/mol. The first-order valence-corrected chi connectivity index (χ1v) is 8.17. The minimum atomic E-state index is -3.69. The smallest absolute Gasteiger partial charge is 0.335 e. The summed E-state index contributed by atoms with van der Waals surface area (Å²) in [6.45, 7) is 5.43. The van der Waals surface area contributed by atoms with E-state index in [1.807, 2.05) is 13.8 Å². The fourth-order valence-corrected chi connectivity index (χ4v) is 3.74. The minimum absolute atomic E-state index is 0.0106. The molecule has 0 radical (unpaired) electrons. The van der Waals surface area contributed by atoms with Gasteiger partial charge in [-0.1, -0.05) is 26.3 Å². The monoisotopic (exact) mass is 299 g/mol. The van der Waals surface area contributed by atoms with Crippen LogP contribution in [0.25, 0.3) is 0 Å². The van der Waals surface area contributed by atoms with Gasteiger partial charge in [0.05, 0.1) is 10.5 Å². The number of carboxylic acid groups (broad SMARTS) is 1. The van der Waals surface area contributed by atoms with Gasteiger partial charge in [-0.3, -0.25) is 0 Å². The number of carboxylic acids is 1. The topological polar surface area (TPSA) is 83.5 Å². The maximum absolute atomic E-state index is 12.4. The van der Waals surface area contributed by atoms with Crippen LogP contribution in [0.1, 0.15) is 49.0 Å². The van der Waals surface area contributed by atoms with E-state index in [2.05, 4.69) is 4.72 Å². The van der Waals surface area contributed by atoms with E-state index < -0.39 is 16.0 Å². The molecule has 5 nitrogen and oxygen atoms in total. The Morgan fingerprint density at radius 1 is 1.35 bits per heavy atom. The molecule has 0 fully saturated rings. The predicted molar refractivity (Wildman–Crippen MR) is 77.4 cm³/mol. The molecule has 1 rings (SSSR count). The van der Waals surface area contributed by atoms with Gasteiger partial charge in [0.15, 0.2) is 0 Å². The molecule has 0 amide bonds. The highest BCUT2D eigenvalue weighted by Crippen LogP contribution is 2.20. The predicted octanol–water partition coefficient (Wildman–Crippen LogP) is 2.55. The number of carbonyl (C=O) groups is 1. The van der Waals surface area contributed by atoms with Gasteiger partial charge < -0.3 is 5.11 Å². The lowest BCUT2D eigenvalue weighted by Crippen LogP contribution is -2.34. The molecule has 0 aliphatic heterocycles. The van der Waals surface area contributed by atoms with Crippen LogP contribution in [0.2, 0.25) is 0 Å². The molecule has 0 bridgehead atoms. The van der Waals surface area contributed by atoms with Crippen LogP contribution in [-0.2, 0) is 10.0 Å². The van der Waals surface area contributed by atoms with Crippen molar-refractivity contribution in [2.75, 3.05) is 0 Å². The molecule has 0 spiro atoms. The number of aromatic carboxylic acids is 1. The van der Waals surface area contributed by atoms with Crippen molar-refractivity contribution in [3.8, 4) is 0 Å². The second kappa shape index (κ2) is 6.85. The highest BCUT2D eigenvalue weighted by Gasteiger charge is 2.23. The molecule has 1 unspecified atom stereocenters. The van der Waals surface area contributed by atoms with E-state index in [0.29, 0.717) is 6.42 Å². The Kier molecular flexibility index (Phi) is 5.71. The van der Waals surface area contributed by atoms with Gasteiger partial charge in [0.25, 0.3) is 0 Å². The van der Waals surface area contributed by atoms with E-state index in [9.17, 15) is 13.2 Å². The summed E-state index contributed by atoms with van der Waals surface area (Å²) in [5, 5.41) is 9.05. The Balaban J connectivity index is 3.16. The molecular weight excluding hydrogens is 278 g/mol. The second-order valence-electron chi connectivity index (χ2n) is 4.75. The third-order valence-electron chi connectivity index (χ3n) is 3.26. The van der Waals surface area contributed by atoms with Gasteiger partial charge in [0.1, 0.15) is 0 Å². The van der Waals surface area contributed by atoms with E-state index in [1.165, 1.54) is 25.1 Å². The maximum Gasteiger partial charge on any atom is 0.335 e. The quantitative estimate of drug-likeness (QED) is 0.810. The first kappa shape index (κ1) is 16.7. The molecule has 2 N–H and O–H groups in total. The van der Waals surface area contributed by atoms with E-state index >= 15 is 0 Å². The van der Waals surface area contributed by atoms with Crippen molar-refractivity contribution in [1.82, 2.24) is 4.72 Å². The summed E-state index contributed by atoms with van der Waals surface area (Å²) in [6, 6.07) is 4.16. The van der Waals surface area contributed by atoms with Crippen LogP contribution in [-0.4, -0.2) is 25.5 Å². The van der Waals surface area contributed by atoms with Crippen molar-refractivity contribution in [3.05, 3.63) is 29.3 Å². The SMILES string of the molecule is CCCC(CC)NS(=O)(=O)c1cccc(C(=O)O)c1C. The maximum atomic E-state index is 12.4. The Bertz CT molecular complexity index is 581. The molecule has 0 aliphatic rings. The number of nitrogens with one attached hydrogen (secondary N) is 1. The number of rotatable bonds is 7. The second-order valence-corrected chi connectivity index (χ2v) is 6.43. The van der Waals surface area contributed by atoms with Gasteiger partial charge in [-0.15, -0.1) is 0 Å². The van der Waals surface area contributed by atoms with Gasteiger partial charge in [0.2, 0.25) is 10.0 Å². The molecule has 20 heavy (non-hydrogen) atoms. The molecule has 0 aromatic heterocycles. The summed E-state index contributed by atoms with van der Waals surface area (Å²) in [6.07, 6.45) is 2.34. The van der Waals surface area contributed by atoms with Crippen LogP contribution in [0.5, 0.6) is 0 Å². The Morgan fingerprint density at radius 3 is 2.50 bits per heavy atom. The van der Waals surface area contributed by atoms with Gasteiger partial charge in [-0.05, 0) is 37.5 Å². The standard InChI is InChI=1S/C14H21NO4S/c1-4-7-11(5-2)15-20(18,19)13-9-6-8-12(10(13)3)14(16)17/h6,8-9,11,15H,4-5,7H2,1-3H3,(H,16,17). The number of hydrogen-bond acceptors (Lipinski definition) is 3. The lowest BCUT2D eigenvalue weighted by Gasteiger charge is -2.17. The first-order chi connectivity index (χ1) is 9.33. The Labute approximate surface area is 120 Å². The summed E-state index contributed by atoms with van der Waals surface area (Å²) in [7, 11) is -3.69. The van der Waals surface area contributed by atoms with Gasteiger partial charge in [0, 0.05) is 6.04 Å². The van der Waals surface area contributed by atoms with Crippen LogP contribution in [0.4, 0.5) is 0 Å². The number of sulfonamides is 1. The molecule has 0 saturated carbocycles. The minimum Gasteiger partial charge on any atom is -0.478 e. The lowest BCUT2D eigenvalue weighted by atomic mass is 10.1. The van der Waals surface area contributed by atoms with Crippen molar-refractivity contribution < 1.29 is 18.3 Å². The highest BCUT2D eigenvalue weighted by atomic mass is 32.2. The molecule has 0 aliphatic carbocycles. The fraction of sp³-hybridized carbons (Fsp3) is 0.500. The van der Waals surface area contributed by atoms with Crippen LogP contribution in [0, 0.1) is 6.92 Å². The van der Waals surface area contributed by atoms with E-state index in [-0.39, 0.29) is 22.1 Å². The van der Waals surface area contributed by atoms with Crippen molar-refractivity contribution >= 4 is 16.0 Å². The normalized spacial score (nSPS) is 13.2. The fourth-order valence-electron chi connectivity index (χ4n) is 2.12. The summed E-state index contributed by atoms with van der Waals surface area (Å²) >= 11 is 0. The summed E-state index contributed by atoms with van der Waals surface area (Å²) < 4.78 is 27.4. The highest BCUT2D eigenvalue weighted by molar-refractivity contribution is 7.89. The lowest BCUT2D eigenvalue weighted by molar-refractivity contribution is 0.0696. The molecule has 1 aromatic rings. The van der Waals surface area contributed by atoms with Gasteiger partial charge >= 0.3 is 5.97 Å². The van der Waals surface area contributed by atoms with Crippen molar-refractivity contribution in [1.29, 1.82) is 0 Å². The average Bonchev–Trinajstić information content (AvgIpc) is 2.37. The van der Waals surface area contributed by atoms with Crippen LogP contribution in [0.15, 0.2) is 23.1 Å². The molecule has 0 saturated heterocycles. The number of benzene rings is 1. The summed E-state index contributed by atoms with van der Waals surface area (Å²) in [5.74, 6) is -1.12. The zero-order valence-corrected chi connectivity index (χ0v) is 12.8. The molecule has 1 aromatic carbocycles. The van der Waals surface area contributed by atoms with Crippen LogP contribution in [0.3, 0.4) is 0 Å². The van der Waals surface area contributed by atoms with E-state index in [1.54, 1.807) is 0 Å². The Morgan fingerprint density at radius 2 is 2.00 bits per heavy atom. The molecular formula is C14H21NO4S.